The molecule has 72 valence electrons. The quantitative estimate of drug-likeness (QED) is 0.632. The number of nitrogens with two attached hydrogens (primary N) is 1. The first-order valence-electron chi connectivity index (χ1n) is 3.03. The second-order valence-corrected chi connectivity index (χ2v) is 3.48. The summed E-state index contributed by atoms with van der Waals surface area (Å²) in [6, 6.07) is 2.54. The van der Waals surface area contributed by atoms with Crippen LogP contribution in [-0.4, -0.2) is 8.76 Å². The second-order valence-electron chi connectivity index (χ2n) is 2.09. The average molecular weight is 241 g/mol. The van der Waals surface area contributed by atoms with Gasteiger partial charge in [0.15, 0.2) is 5.75 Å². The van der Waals surface area contributed by atoms with Crippen LogP contribution in [0, 0.1) is 0 Å². The van der Waals surface area contributed by atoms with Crippen LogP contribution in [0.2, 0.25) is 10.0 Å². The third-order valence-corrected chi connectivity index (χ3v) is 2.25. The first kappa shape index (κ1) is 10.6. The van der Waals surface area contributed by atoms with Crippen molar-refractivity contribution in [2.45, 2.75) is 0 Å². The lowest BCUT2D eigenvalue weighted by atomic mass is 10.3. The maximum absolute atomic E-state index is 10.2. The summed E-state index contributed by atoms with van der Waals surface area (Å²) in [4.78, 5) is 0. The first-order chi connectivity index (χ1) is 6.00. The van der Waals surface area contributed by atoms with Crippen LogP contribution < -0.4 is 9.92 Å². The zero-order valence-corrected chi connectivity index (χ0v) is 8.45. The van der Waals surface area contributed by atoms with Crippen LogP contribution in [0.5, 0.6) is 5.75 Å². The Labute approximate surface area is 87.1 Å². The molecule has 0 saturated carbocycles. The summed E-state index contributed by atoms with van der Waals surface area (Å²) in [6.45, 7) is 0. The fraction of sp³-hybridized carbons (Fsp3) is 0. The Kier molecular flexibility index (Phi) is 3.38. The van der Waals surface area contributed by atoms with E-state index in [0.29, 0.717) is 0 Å². The standard InChI is InChI=1S/C6H5Cl2NO3S/c7-3-1-5(9)6(2-4(3)8)12-13(10)11/h1-2H,9H2,(H,10,11)/p-1. The molecular formula is C6H4Cl2NO3S-. The number of benzene rings is 1. The van der Waals surface area contributed by atoms with Gasteiger partial charge in [-0.25, -0.2) is 4.21 Å². The van der Waals surface area contributed by atoms with Crippen molar-refractivity contribution in [3.05, 3.63) is 22.2 Å². The molecule has 2 N–H and O–H groups in total. The molecule has 4 nitrogen and oxygen atoms in total. The largest absolute Gasteiger partial charge is 0.740 e. The van der Waals surface area contributed by atoms with Crippen molar-refractivity contribution in [2.75, 3.05) is 5.73 Å². The van der Waals surface area contributed by atoms with E-state index in [-0.39, 0.29) is 21.5 Å². The summed E-state index contributed by atoms with van der Waals surface area (Å²) in [6.07, 6.45) is 0. The maximum Gasteiger partial charge on any atom is 0.163 e. The molecule has 7 heteroatoms. The van der Waals surface area contributed by atoms with Crippen molar-refractivity contribution in [3.8, 4) is 5.75 Å². The smallest absolute Gasteiger partial charge is 0.163 e. The van der Waals surface area contributed by atoms with E-state index in [9.17, 15) is 8.76 Å². The van der Waals surface area contributed by atoms with Crippen molar-refractivity contribution in [1.29, 1.82) is 0 Å². The van der Waals surface area contributed by atoms with Crippen molar-refractivity contribution in [1.82, 2.24) is 0 Å². The monoisotopic (exact) mass is 240 g/mol. The molecule has 1 rings (SSSR count). The number of nitrogen functional groups attached to an aromatic ring is 1. The fourth-order valence-corrected chi connectivity index (χ4v) is 1.31. The minimum absolute atomic E-state index is 0.0391. The van der Waals surface area contributed by atoms with Gasteiger partial charge in [0.2, 0.25) is 0 Å². The van der Waals surface area contributed by atoms with Gasteiger partial charge in [0.25, 0.3) is 0 Å². The lowest BCUT2D eigenvalue weighted by molar-refractivity contribution is 0.441. The van der Waals surface area contributed by atoms with E-state index in [1.807, 2.05) is 0 Å². The normalized spacial score (nSPS) is 12.5. The predicted molar refractivity (Wildman–Crippen MR) is 50.4 cm³/mol. The highest BCUT2D eigenvalue weighted by atomic mass is 35.5. The molecule has 1 aromatic rings. The second kappa shape index (κ2) is 4.15. The molecular weight excluding hydrogens is 237 g/mol. The van der Waals surface area contributed by atoms with Crippen LogP contribution in [0.15, 0.2) is 12.1 Å². The van der Waals surface area contributed by atoms with Crippen molar-refractivity contribution in [3.63, 3.8) is 0 Å². The molecule has 0 aliphatic rings. The first-order valence-corrected chi connectivity index (χ1v) is 4.78. The topological polar surface area (TPSA) is 75.4 Å². The van der Waals surface area contributed by atoms with E-state index in [1.54, 1.807) is 0 Å². The van der Waals surface area contributed by atoms with Gasteiger partial charge in [-0.2, -0.15) is 0 Å². The van der Waals surface area contributed by atoms with Crippen LogP contribution in [0.3, 0.4) is 0 Å². The van der Waals surface area contributed by atoms with Gasteiger partial charge in [0, 0.05) is 6.07 Å². The molecule has 0 fully saturated rings. The van der Waals surface area contributed by atoms with Gasteiger partial charge in [-0.15, -0.1) is 0 Å². The molecule has 0 spiro atoms. The Hall–Kier alpha value is -0.490. The molecule has 0 amide bonds. The van der Waals surface area contributed by atoms with Gasteiger partial charge in [-0.3, -0.25) is 0 Å². The predicted octanol–water partition coefficient (Wildman–Crippen LogP) is 1.75. The van der Waals surface area contributed by atoms with Crippen LogP contribution in [0.4, 0.5) is 5.69 Å². The Bertz CT molecular complexity index is 358. The number of hydrogen-bond acceptors (Lipinski definition) is 4. The zero-order valence-electron chi connectivity index (χ0n) is 6.12. The van der Waals surface area contributed by atoms with Gasteiger partial charge >= 0.3 is 0 Å². The molecule has 0 heterocycles. The van der Waals surface area contributed by atoms with E-state index in [4.69, 9.17) is 28.9 Å². The lowest BCUT2D eigenvalue weighted by Crippen LogP contribution is -2.01. The van der Waals surface area contributed by atoms with E-state index in [0.717, 1.165) is 0 Å². The van der Waals surface area contributed by atoms with Crippen molar-refractivity contribution in [2.24, 2.45) is 0 Å². The highest BCUT2D eigenvalue weighted by Gasteiger charge is 2.06. The molecule has 0 aromatic heterocycles. The van der Waals surface area contributed by atoms with Gasteiger partial charge in [-0.1, -0.05) is 23.2 Å². The molecule has 1 aromatic carbocycles. The Balaban J connectivity index is 3.08. The summed E-state index contributed by atoms with van der Waals surface area (Å²) in [5, 5.41) is 0.416. The summed E-state index contributed by atoms with van der Waals surface area (Å²) in [5.41, 5.74) is 5.51. The van der Waals surface area contributed by atoms with Gasteiger partial charge < -0.3 is 14.5 Å². The molecule has 0 saturated heterocycles. The number of anilines is 1. The van der Waals surface area contributed by atoms with Crippen LogP contribution >= 0.6 is 23.2 Å². The Morgan fingerprint density at radius 2 is 1.92 bits per heavy atom. The van der Waals surface area contributed by atoms with Gasteiger partial charge in [0.1, 0.15) is 11.4 Å². The van der Waals surface area contributed by atoms with Crippen LogP contribution in [-0.2, 0) is 11.4 Å². The van der Waals surface area contributed by atoms with Crippen molar-refractivity contribution >= 4 is 40.3 Å². The fourth-order valence-electron chi connectivity index (χ4n) is 0.689. The SMILES string of the molecule is Nc1cc(Cl)c(Cl)cc1OS(=O)[O-]. The van der Waals surface area contributed by atoms with E-state index >= 15 is 0 Å². The average Bonchev–Trinajstić information content (AvgIpc) is 1.99. The number of rotatable bonds is 2. The highest BCUT2D eigenvalue weighted by Crippen LogP contribution is 2.32. The molecule has 0 aliphatic carbocycles. The minimum Gasteiger partial charge on any atom is -0.740 e. The van der Waals surface area contributed by atoms with Gasteiger partial charge in [-0.05, 0) is 6.07 Å². The summed E-state index contributed by atoms with van der Waals surface area (Å²) in [5.74, 6) is -0.0391. The van der Waals surface area contributed by atoms with Crippen LogP contribution in [0.25, 0.3) is 0 Å². The summed E-state index contributed by atoms with van der Waals surface area (Å²) >= 11 is 8.53. The highest BCUT2D eigenvalue weighted by molar-refractivity contribution is 7.74. The van der Waals surface area contributed by atoms with E-state index < -0.39 is 11.4 Å². The third-order valence-electron chi connectivity index (χ3n) is 1.21. The van der Waals surface area contributed by atoms with E-state index in [2.05, 4.69) is 4.18 Å². The Morgan fingerprint density at radius 3 is 2.46 bits per heavy atom. The summed E-state index contributed by atoms with van der Waals surface area (Å²) < 4.78 is 24.7. The maximum atomic E-state index is 10.2. The minimum atomic E-state index is -2.67. The number of halogens is 2. The van der Waals surface area contributed by atoms with Crippen LogP contribution in [0.1, 0.15) is 0 Å². The molecule has 1 atom stereocenters. The third kappa shape index (κ3) is 2.73. The molecule has 13 heavy (non-hydrogen) atoms. The molecule has 1 unspecified atom stereocenters. The molecule has 0 aliphatic heterocycles. The lowest BCUT2D eigenvalue weighted by Gasteiger charge is -2.10. The summed E-state index contributed by atoms with van der Waals surface area (Å²) in [7, 11) is 0. The number of hydrogen-bond donors (Lipinski definition) is 1. The van der Waals surface area contributed by atoms with E-state index in [1.165, 1.54) is 12.1 Å². The van der Waals surface area contributed by atoms with Crippen molar-refractivity contribution < 1.29 is 12.9 Å². The van der Waals surface area contributed by atoms with Gasteiger partial charge in [0.05, 0.1) is 15.7 Å². The molecule has 0 bridgehead atoms. The zero-order chi connectivity index (χ0) is 10.0. The molecule has 0 radical (unpaired) electrons. The Morgan fingerprint density at radius 1 is 1.38 bits per heavy atom.